The van der Waals surface area contributed by atoms with Gasteiger partial charge in [-0.25, -0.2) is 4.39 Å². The average Bonchev–Trinajstić information content (AvgIpc) is 3.05. The van der Waals surface area contributed by atoms with Gasteiger partial charge in [0, 0.05) is 30.0 Å². The molecule has 3 nitrogen and oxygen atoms in total. The molecule has 29 heavy (non-hydrogen) atoms. The Hall–Kier alpha value is -2.46. The fourth-order valence-corrected chi connectivity index (χ4v) is 4.52. The first-order chi connectivity index (χ1) is 14.1. The molecule has 1 aliphatic rings. The zero-order valence-corrected chi connectivity index (χ0v) is 17.2. The third kappa shape index (κ3) is 4.13. The Morgan fingerprint density at radius 1 is 1.00 bits per heavy atom. The van der Waals surface area contributed by atoms with Crippen molar-refractivity contribution >= 4 is 0 Å². The van der Waals surface area contributed by atoms with Gasteiger partial charge in [0.05, 0.1) is 0 Å². The highest BCUT2D eigenvalue weighted by atomic mass is 19.1. The van der Waals surface area contributed by atoms with Crippen LogP contribution in [0.4, 0.5) is 4.39 Å². The van der Waals surface area contributed by atoms with Crippen LogP contribution in [0.1, 0.15) is 36.9 Å². The molecule has 0 aliphatic heterocycles. The Bertz CT molecular complexity index is 972. The topological polar surface area (TPSA) is 38.0 Å². The van der Waals surface area contributed by atoms with Crippen LogP contribution in [0.15, 0.2) is 48.5 Å². The predicted molar refractivity (Wildman–Crippen MR) is 115 cm³/mol. The number of aryl methyl sites for hydroxylation is 1. The summed E-state index contributed by atoms with van der Waals surface area (Å²) < 4.78 is 16.9. The molecule has 0 bridgehead atoms. The van der Waals surface area contributed by atoms with Crippen LogP contribution in [0.3, 0.4) is 0 Å². The van der Waals surface area contributed by atoms with Gasteiger partial charge in [0.2, 0.25) is 0 Å². The standard InChI is InChI=1S/C25H29FN2O/c1-17-8-13-22(23(26)14-17)25-24(21-6-4-3-5-7-21)18(2)28(27-25)15-19-9-11-20(16-29)12-10-19/h3-8,13-14,19-20,29H,9-12,15-16H2,1-2H3/t19-,20-. The first-order valence-corrected chi connectivity index (χ1v) is 10.6. The van der Waals surface area contributed by atoms with E-state index in [1.165, 1.54) is 0 Å². The molecule has 0 spiro atoms. The lowest BCUT2D eigenvalue weighted by molar-refractivity contribution is 0.159. The SMILES string of the molecule is Cc1ccc(-c2nn(C[C@H]3CC[C@H](CO)CC3)c(C)c2-c2ccccc2)c(F)c1. The number of nitrogens with zero attached hydrogens (tertiary/aromatic N) is 2. The molecule has 4 heteroatoms. The Morgan fingerprint density at radius 2 is 1.69 bits per heavy atom. The second kappa shape index (κ2) is 8.50. The number of aliphatic hydroxyl groups excluding tert-OH is 1. The van der Waals surface area contributed by atoms with E-state index in [9.17, 15) is 9.50 Å². The molecule has 3 aromatic rings. The van der Waals surface area contributed by atoms with E-state index in [1.807, 2.05) is 37.3 Å². The predicted octanol–water partition coefficient (Wildman–Crippen LogP) is 5.77. The minimum absolute atomic E-state index is 0.227. The maximum atomic E-state index is 14.8. The van der Waals surface area contributed by atoms with E-state index in [4.69, 9.17) is 5.10 Å². The summed E-state index contributed by atoms with van der Waals surface area (Å²) >= 11 is 0. The van der Waals surface area contributed by atoms with Crippen LogP contribution in [-0.2, 0) is 6.54 Å². The van der Waals surface area contributed by atoms with Gasteiger partial charge in [-0.05, 0) is 74.6 Å². The fraction of sp³-hybridized carbons (Fsp3) is 0.400. The van der Waals surface area contributed by atoms with Gasteiger partial charge in [0.25, 0.3) is 0 Å². The Balaban J connectivity index is 1.73. The molecule has 0 amide bonds. The lowest BCUT2D eigenvalue weighted by Crippen LogP contribution is -2.21. The lowest BCUT2D eigenvalue weighted by atomic mass is 9.82. The molecule has 1 fully saturated rings. The second-order valence-corrected chi connectivity index (χ2v) is 8.41. The zero-order valence-electron chi connectivity index (χ0n) is 17.2. The molecule has 0 saturated heterocycles. The fourth-order valence-electron chi connectivity index (χ4n) is 4.52. The van der Waals surface area contributed by atoms with Crippen molar-refractivity contribution in [3.63, 3.8) is 0 Å². The van der Waals surface area contributed by atoms with Gasteiger partial charge in [-0.3, -0.25) is 4.68 Å². The van der Waals surface area contributed by atoms with Gasteiger partial charge in [0.1, 0.15) is 11.5 Å². The lowest BCUT2D eigenvalue weighted by Gasteiger charge is -2.27. The molecular weight excluding hydrogens is 363 g/mol. The van der Waals surface area contributed by atoms with Gasteiger partial charge in [-0.15, -0.1) is 0 Å². The molecule has 1 aromatic heterocycles. The summed E-state index contributed by atoms with van der Waals surface area (Å²) in [6, 6.07) is 15.5. The van der Waals surface area contributed by atoms with E-state index in [-0.39, 0.29) is 5.82 Å². The first kappa shape index (κ1) is 19.8. The van der Waals surface area contributed by atoms with E-state index in [0.717, 1.165) is 60.3 Å². The number of rotatable bonds is 5. The van der Waals surface area contributed by atoms with Crippen LogP contribution in [0, 0.1) is 31.5 Å². The van der Waals surface area contributed by atoms with E-state index < -0.39 is 0 Å². The molecule has 0 atom stereocenters. The van der Waals surface area contributed by atoms with Crippen molar-refractivity contribution in [1.29, 1.82) is 0 Å². The highest BCUT2D eigenvalue weighted by Gasteiger charge is 2.25. The van der Waals surface area contributed by atoms with Gasteiger partial charge in [-0.2, -0.15) is 5.10 Å². The largest absolute Gasteiger partial charge is 0.396 e. The van der Waals surface area contributed by atoms with Crippen molar-refractivity contribution < 1.29 is 9.50 Å². The van der Waals surface area contributed by atoms with Crippen molar-refractivity contribution in [3.05, 3.63) is 65.6 Å². The summed E-state index contributed by atoms with van der Waals surface area (Å²) in [4.78, 5) is 0. The molecular formula is C25H29FN2O. The molecule has 0 unspecified atom stereocenters. The number of benzene rings is 2. The van der Waals surface area contributed by atoms with Gasteiger partial charge >= 0.3 is 0 Å². The van der Waals surface area contributed by atoms with E-state index >= 15 is 0 Å². The first-order valence-electron chi connectivity index (χ1n) is 10.6. The summed E-state index contributed by atoms with van der Waals surface area (Å²) in [6.07, 6.45) is 4.37. The van der Waals surface area contributed by atoms with Crippen LogP contribution in [-0.4, -0.2) is 21.5 Å². The van der Waals surface area contributed by atoms with Crippen LogP contribution in [0.5, 0.6) is 0 Å². The summed E-state index contributed by atoms with van der Waals surface area (Å²) in [5.74, 6) is 0.771. The maximum absolute atomic E-state index is 14.8. The van der Waals surface area contributed by atoms with Crippen molar-refractivity contribution in [2.45, 2.75) is 46.1 Å². The van der Waals surface area contributed by atoms with Crippen molar-refractivity contribution in [2.24, 2.45) is 11.8 Å². The van der Waals surface area contributed by atoms with E-state index in [1.54, 1.807) is 6.07 Å². The monoisotopic (exact) mass is 392 g/mol. The average molecular weight is 393 g/mol. The number of hydrogen-bond donors (Lipinski definition) is 1. The zero-order chi connectivity index (χ0) is 20.4. The number of halogens is 1. The molecule has 4 rings (SSSR count). The van der Waals surface area contributed by atoms with Crippen LogP contribution >= 0.6 is 0 Å². The van der Waals surface area contributed by atoms with Gasteiger partial charge in [0.15, 0.2) is 0 Å². The highest BCUT2D eigenvalue weighted by molar-refractivity contribution is 5.83. The third-order valence-corrected chi connectivity index (χ3v) is 6.30. The van der Waals surface area contributed by atoms with Crippen LogP contribution < -0.4 is 0 Å². The van der Waals surface area contributed by atoms with E-state index in [0.29, 0.717) is 24.0 Å². The number of aromatic nitrogens is 2. The minimum atomic E-state index is -0.227. The molecule has 152 valence electrons. The number of aliphatic hydroxyl groups is 1. The second-order valence-electron chi connectivity index (χ2n) is 8.41. The molecule has 1 saturated carbocycles. The molecule has 1 aliphatic carbocycles. The van der Waals surface area contributed by atoms with Gasteiger partial charge < -0.3 is 5.11 Å². The highest BCUT2D eigenvalue weighted by Crippen LogP contribution is 2.37. The Kier molecular flexibility index (Phi) is 5.81. The van der Waals surface area contributed by atoms with Crippen LogP contribution in [0.25, 0.3) is 22.4 Å². The number of hydrogen-bond acceptors (Lipinski definition) is 2. The summed E-state index contributed by atoms with van der Waals surface area (Å²) in [7, 11) is 0. The van der Waals surface area contributed by atoms with Crippen molar-refractivity contribution in [2.75, 3.05) is 6.61 Å². The molecule has 1 heterocycles. The van der Waals surface area contributed by atoms with E-state index in [2.05, 4.69) is 23.7 Å². The third-order valence-electron chi connectivity index (χ3n) is 6.30. The maximum Gasteiger partial charge on any atom is 0.132 e. The summed E-state index contributed by atoms with van der Waals surface area (Å²) in [5.41, 5.74) is 5.34. The Labute approximate surface area is 172 Å². The van der Waals surface area contributed by atoms with Crippen molar-refractivity contribution in [1.82, 2.24) is 9.78 Å². The minimum Gasteiger partial charge on any atom is -0.396 e. The van der Waals surface area contributed by atoms with Crippen LogP contribution in [0.2, 0.25) is 0 Å². The summed E-state index contributed by atoms with van der Waals surface area (Å²) in [5, 5.41) is 14.3. The molecule has 0 radical (unpaired) electrons. The molecule has 2 aromatic carbocycles. The Morgan fingerprint density at radius 3 is 2.34 bits per heavy atom. The van der Waals surface area contributed by atoms with Crippen molar-refractivity contribution in [3.8, 4) is 22.4 Å². The smallest absolute Gasteiger partial charge is 0.132 e. The summed E-state index contributed by atoms with van der Waals surface area (Å²) in [6.45, 7) is 5.13. The molecule has 1 N–H and O–H groups in total. The quantitative estimate of drug-likeness (QED) is 0.598. The van der Waals surface area contributed by atoms with Gasteiger partial charge in [-0.1, -0.05) is 36.4 Å². The normalized spacial score (nSPS) is 19.4.